The first-order valence-electron chi connectivity index (χ1n) is 7.54. The van der Waals surface area contributed by atoms with E-state index in [1.165, 1.54) is 0 Å². The first-order valence-corrected chi connectivity index (χ1v) is 8.71. The number of amides is 1. The summed E-state index contributed by atoms with van der Waals surface area (Å²) in [5.74, 6) is 0.994. The Balaban J connectivity index is 2.00. The van der Waals surface area contributed by atoms with Gasteiger partial charge in [-0.3, -0.25) is 0 Å². The van der Waals surface area contributed by atoms with E-state index < -0.39 is 5.60 Å². The molecule has 1 aromatic heterocycles. The number of furan rings is 1. The first-order chi connectivity index (χ1) is 10.7. The number of fused-ring (bicyclic) bond motifs is 3. The number of hydrogen-bond donors (Lipinski definition) is 0. The highest BCUT2D eigenvalue weighted by Gasteiger charge is 2.33. The predicted molar refractivity (Wildman–Crippen MR) is 94.0 cm³/mol. The van der Waals surface area contributed by atoms with Crippen LogP contribution in [-0.2, 0) is 11.3 Å². The van der Waals surface area contributed by atoms with Gasteiger partial charge in [-0.1, -0.05) is 34.5 Å². The average molecular weight is 401 g/mol. The lowest BCUT2D eigenvalue weighted by Crippen LogP contribution is -2.40. The minimum atomic E-state index is -0.509. The second-order valence-electron chi connectivity index (χ2n) is 6.97. The van der Waals surface area contributed by atoms with Gasteiger partial charge in [-0.25, -0.2) is 4.79 Å². The predicted octanol–water partition coefficient (Wildman–Crippen LogP) is 5.70. The molecule has 23 heavy (non-hydrogen) atoms. The smallest absolute Gasteiger partial charge is 0.410 e. The second-order valence-corrected chi connectivity index (χ2v) is 8.29. The number of carbonyl (C=O) groups is 1. The number of ether oxygens (including phenoxy) is 1. The molecule has 1 aromatic carbocycles. The summed E-state index contributed by atoms with van der Waals surface area (Å²) in [5, 5.41) is 1.51. The molecular weight excluding hydrogens is 382 g/mol. The largest absolute Gasteiger partial charge is 0.459 e. The summed E-state index contributed by atoms with van der Waals surface area (Å²) in [6.07, 6.45) is -0.301. The van der Waals surface area contributed by atoms with Crippen molar-refractivity contribution in [2.24, 2.45) is 0 Å². The molecule has 2 heterocycles. The van der Waals surface area contributed by atoms with Crippen molar-refractivity contribution in [3.8, 4) is 0 Å². The van der Waals surface area contributed by atoms with Crippen molar-refractivity contribution in [1.82, 2.24) is 4.90 Å². The minimum absolute atomic E-state index is 0.0912. The molecule has 0 spiro atoms. The molecule has 2 aromatic rings. The molecule has 0 saturated carbocycles. The van der Waals surface area contributed by atoms with Crippen molar-refractivity contribution in [1.29, 1.82) is 0 Å². The van der Waals surface area contributed by atoms with Crippen molar-refractivity contribution in [3.63, 3.8) is 0 Å². The van der Waals surface area contributed by atoms with Crippen LogP contribution in [0.3, 0.4) is 0 Å². The zero-order chi connectivity index (χ0) is 16.9. The Morgan fingerprint density at radius 1 is 1.43 bits per heavy atom. The zero-order valence-electron chi connectivity index (χ0n) is 13.6. The normalized spacial score (nSPS) is 18.2. The van der Waals surface area contributed by atoms with Crippen molar-refractivity contribution >= 4 is 44.6 Å². The maximum atomic E-state index is 12.4. The Kier molecular flexibility index (Phi) is 4.13. The van der Waals surface area contributed by atoms with Crippen LogP contribution in [0.15, 0.2) is 21.0 Å². The number of carbonyl (C=O) groups excluding carboxylic acids is 1. The molecule has 3 rings (SSSR count). The van der Waals surface area contributed by atoms with Crippen molar-refractivity contribution in [3.05, 3.63) is 33.0 Å². The van der Waals surface area contributed by atoms with Gasteiger partial charge in [-0.15, -0.1) is 0 Å². The summed E-state index contributed by atoms with van der Waals surface area (Å²) in [7, 11) is 0. The maximum Gasteiger partial charge on any atom is 0.410 e. The highest BCUT2D eigenvalue weighted by Crippen LogP contribution is 2.40. The Bertz CT molecular complexity index is 778. The molecule has 0 aliphatic carbocycles. The van der Waals surface area contributed by atoms with E-state index in [9.17, 15) is 4.79 Å². The van der Waals surface area contributed by atoms with Gasteiger partial charge in [0.05, 0.1) is 11.6 Å². The van der Waals surface area contributed by atoms with E-state index in [0.717, 1.165) is 21.2 Å². The molecule has 0 radical (unpaired) electrons. The molecule has 1 atom stereocenters. The van der Waals surface area contributed by atoms with Crippen LogP contribution in [-0.4, -0.2) is 23.1 Å². The summed E-state index contributed by atoms with van der Waals surface area (Å²) in [6, 6.07) is 3.80. The summed E-state index contributed by atoms with van der Waals surface area (Å²) >= 11 is 9.75. The van der Waals surface area contributed by atoms with Gasteiger partial charge in [0.15, 0.2) is 5.58 Å². The van der Waals surface area contributed by atoms with Crippen molar-refractivity contribution < 1.29 is 13.9 Å². The van der Waals surface area contributed by atoms with Crippen LogP contribution in [0.2, 0.25) is 5.02 Å². The Morgan fingerprint density at radius 2 is 2.13 bits per heavy atom. The number of hydrogen-bond acceptors (Lipinski definition) is 3. The van der Waals surface area contributed by atoms with Crippen LogP contribution in [0, 0.1) is 0 Å². The van der Waals surface area contributed by atoms with E-state index in [0.29, 0.717) is 23.7 Å². The van der Waals surface area contributed by atoms with Crippen LogP contribution < -0.4 is 0 Å². The van der Waals surface area contributed by atoms with E-state index >= 15 is 0 Å². The van der Waals surface area contributed by atoms with E-state index in [2.05, 4.69) is 15.9 Å². The Morgan fingerprint density at radius 3 is 2.78 bits per heavy atom. The van der Waals surface area contributed by atoms with E-state index in [1.54, 1.807) is 4.90 Å². The molecule has 0 saturated heterocycles. The molecule has 124 valence electrons. The van der Waals surface area contributed by atoms with Crippen molar-refractivity contribution in [2.45, 2.75) is 45.8 Å². The third kappa shape index (κ3) is 3.22. The zero-order valence-corrected chi connectivity index (χ0v) is 15.9. The summed E-state index contributed by atoms with van der Waals surface area (Å²) in [6.45, 7) is 8.69. The Hall–Kier alpha value is -1.20. The minimum Gasteiger partial charge on any atom is -0.459 e. The van der Waals surface area contributed by atoms with Gasteiger partial charge in [0, 0.05) is 27.9 Å². The van der Waals surface area contributed by atoms with E-state index in [1.807, 2.05) is 39.8 Å². The number of halogens is 2. The average Bonchev–Trinajstić information content (AvgIpc) is 2.76. The first kappa shape index (κ1) is 16.7. The molecular formula is C17H19BrClNO3. The summed E-state index contributed by atoms with van der Waals surface area (Å²) < 4.78 is 12.4. The third-order valence-electron chi connectivity index (χ3n) is 3.79. The summed E-state index contributed by atoms with van der Waals surface area (Å²) in [5.41, 5.74) is 1.18. The third-order valence-corrected chi connectivity index (χ3v) is 4.52. The Labute approximate surface area is 148 Å². The van der Waals surface area contributed by atoms with Crippen molar-refractivity contribution in [2.75, 3.05) is 6.54 Å². The molecule has 4 nitrogen and oxygen atoms in total. The van der Waals surface area contributed by atoms with Gasteiger partial charge >= 0.3 is 6.09 Å². The number of nitrogens with zero attached hydrogens (tertiary/aromatic N) is 1. The quantitative estimate of drug-likeness (QED) is 0.569. The summed E-state index contributed by atoms with van der Waals surface area (Å²) in [4.78, 5) is 14.1. The van der Waals surface area contributed by atoms with Gasteiger partial charge in [-0.2, -0.15) is 0 Å². The van der Waals surface area contributed by atoms with Crippen LogP contribution in [0.4, 0.5) is 4.79 Å². The van der Waals surface area contributed by atoms with Gasteiger partial charge < -0.3 is 14.1 Å². The highest BCUT2D eigenvalue weighted by atomic mass is 79.9. The lowest BCUT2D eigenvalue weighted by atomic mass is 9.97. The van der Waals surface area contributed by atoms with Gasteiger partial charge in [-0.05, 0) is 32.9 Å². The topological polar surface area (TPSA) is 42.7 Å². The highest BCUT2D eigenvalue weighted by molar-refractivity contribution is 9.10. The van der Waals surface area contributed by atoms with Crippen LogP contribution >= 0.6 is 27.5 Å². The monoisotopic (exact) mass is 399 g/mol. The maximum absolute atomic E-state index is 12.4. The fourth-order valence-electron chi connectivity index (χ4n) is 2.89. The fraction of sp³-hybridized carbons (Fsp3) is 0.471. The molecule has 1 unspecified atom stereocenters. The molecule has 0 fully saturated rings. The van der Waals surface area contributed by atoms with E-state index in [-0.39, 0.29) is 12.0 Å². The van der Waals surface area contributed by atoms with E-state index in [4.69, 9.17) is 20.8 Å². The van der Waals surface area contributed by atoms with Gasteiger partial charge in [0.1, 0.15) is 11.4 Å². The van der Waals surface area contributed by atoms with Gasteiger partial charge in [0.2, 0.25) is 0 Å². The number of rotatable bonds is 0. The lowest BCUT2D eigenvalue weighted by molar-refractivity contribution is 0.0203. The lowest BCUT2D eigenvalue weighted by Gasteiger charge is -2.32. The molecule has 1 amide bonds. The second kappa shape index (κ2) is 5.71. The molecule has 0 bridgehead atoms. The van der Waals surface area contributed by atoms with Gasteiger partial charge in [0.25, 0.3) is 0 Å². The molecule has 6 heteroatoms. The SMILES string of the molecule is CC1CN(C(=O)OC(C)(C)C)Cc2c1oc1c(Cl)cc(Br)cc21. The molecule has 1 aliphatic heterocycles. The van der Waals surface area contributed by atoms with Crippen LogP contribution in [0.5, 0.6) is 0 Å². The number of benzene rings is 1. The van der Waals surface area contributed by atoms with Crippen LogP contribution in [0.25, 0.3) is 11.0 Å². The standard InChI is InChI=1S/C17H19BrClNO3/c1-9-7-20(16(21)23-17(2,3)4)8-12-11-5-10(18)6-13(19)15(11)22-14(9)12/h5-6,9H,7-8H2,1-4H3. The van der Waals surface area contributed by atoms with Crippen LogP contribution in [0.1, 0.15) is 44.9 Å². The fourth-order valence-corrected chi connectivity index (χ4v) is 3.74. The molecule has 1 aliphatic rings. The molecule has 0 N–H and O–H groups in total.